The Bertz CT molecular complexity index is 433. The average molecular weight is 273 g/mol. The monoisotopic (exact) mass is 273 g/mol. The van der Waals surface area contributed by atoms with Gasteiger partial charge in [-0.2, -0.15) is 0 Å². The largest absolute Gasteiger partial charge is 0.307 e. The first kappa shape index (κ1) is 15.6. The number of aryl methyl sites for hydroxylation is 1. The highest BCUT2D eigenvalue weighted by Crippen LogP contribution is 2.43. The van der Waals surface area contributed by atoms with Gasteiger partial charge in [0.2, 0.25) is 0 Å². The molecule has 0 heterocycles. The zero-order chi connectivity index (χ0) is 14.8. The molecule has 2 rings (SSSR count). The van der Waals surface area contributed by atoms with E-state index in [1.165, 1.54) is 31.2 Å². The van der Waals surface area contributed by atoms with Crippen molar-refractivity contribution in [3.05, 3.63) is 35.4 Å². The number of benzene rings is 1. The minimum absolute atomic E-state index is 0.348. The summed E-state index contributed by atoms with van der Waals surface area (Å²) in [6, 6.07) is 10.1. The zero-order valence-electron chi connectivity index (χ0n) is 13.9. The third kappa shape index (κ3) is 3.63. The van der Waals surface area contributed by atoms with Crippen molar-refractivity contribution in [2.75, 3.05) is 0 Å². The number of nitrogens with one attached hydrogen (secondary N) is 1. The van der Waals surface area contributed by atoms with Gasteiger partial charge in [0.05, 0.1) is 0 Å². The van der Waals surface area contributed by atoms with Crippen molar-refractivity contribution in [2.45, 2.75) is 72.4 Å². The van der Waals surface area contributed by atoms with Crippen LogP contribution in [0.3, 0.4) is 0 Å². The van der Waals surface area contributed by atoms with Gasteiger partial charge in [0, 0.05) is 12.1 Å². The third-order valence-corrected chi connectivity index (χ3v) is 4.81. The number of hydrogen-bond donors (Lipinski definition) is 1. The molecule has 0 spiro atoms. The molecule has 0 saturated carbocycles. The Morgan fingerprint density at radius 2 is 1.85 bits per heavy atom. The van der Waals surface area contributed by atoms with Gasteiger partial charge in [0.25, 0.3) is 0 Å². The first-order valence-electron chi connectivity index (χ1n) is 8.24. The molecule has 1 aromatic carbocycles. The van der Waals surface area contributed by atoms with Crippen molar-refractivity contribution >= 4 is 0 Å². The van der Waals surface area contributed by atoms with Crippen LogP contribution in [0.2, 0.25) is 0 Å². The molecule has 1 aliphatic carbocycles. The molecule has 20 heavy (non-hydrogen) atoms. The number of rotatable bonds is 5. The molecule has 2 unspecified atom stereocenters. The van der Waals surface area contributed by atoms with Gasteiger partial charge in [-0.15, -0.1) is 0 Å². The summed E-state index contributed by atoms with van der Waals surface area (Å²) in [6.07, 6.45) is 5.08. The van der Waals surface area contributed by atoms with E-state index in [1.54, 1.807) is 5.56 Å². The van der Waals surface area contributed by atoms with Crippen LogP contribution < -0.4 is 5.32 Å². The van der Waals surface area contributed by atoms with E-state index < -0.39 is 0 Å². The second-order valence-corrected chi connectivity index (χ2v) is 7.66. The lowest BCUT2D eigenvalue weighted by Gasteiger charge is -2.42. The maximum atomic E-state index is 3.92. The normalized spacial score (nSPS) is 22.6. The lowest BCUT2D eigenvalue weighted by Crippen LogP contribution is -2.42. The molecule has 112 valence electrons. The van der Waals surface area contributed by atoms with Crippen LogP contribution in [-0.4, -0.2) is 6.04 Å². The molecule has 1 nitrogen and oxygen atoms in total. The summed E-state index contributed by atoms with van der Waals surface area (Å²) in [5.41, 5.74) is 3.42. The average Bonchev–Trinajstić information content (AvgIpc) is 2.40. The highest BCUT2D eigenvalue weighted by molar-refractivity contribution is 5.34. The van der Waals surface area contributed by atoms with Crippen LogP contribution in [0, 0.1) is 11.3 Å². The van der Waals surface area contributed by atoms with Gasteiger partial charge in [0.1, 0.15) is 0 Å². The highest BCUT2D eigenvalue weighted by Gasteiger charge is 2.36. The molecule has 1 heteroatoms. The van der Waals surface area contributed by atoms with E-state index in [0.29, 0.717) is 17.5 Å². The van der Waals surface area contributed by atoms with Crippen LogP contribution in [0.15, 0.2) is 24.3 Å². The third-order valence-electron chi connectivity index (χ3n) is 4.81. The first-order chi connectivity index (χ1) is 9.40. The molecule has 0 bridgehead atoms. The van der Waals surface area contributed by atoms with E-state index in [1.807, 2.05) is 0 Å². The van der Waals surface area contributed by atoms with Crippen molar-refractivity contribution < 1.29 is 0 Å². The van der Waals surface area contributed by atoms with Crippen molar-refractivity contribution in [2.24, 2.45) is 11.3 Å². The van der Waals surface area contributed by atoms with E-state index in [2.05, 4.69) is 64.2 Å². The molecule has 1 N–H and O–H groups in total. The fourth-order valence-corrected chi connectivity index (χ4v) is 3.33. The molecular formula is C19H31N. The first-order valence-corrected chi connectivity index (χ1v) is 8.24. The second kappa shape index (κ2) is 6.30. The van der Waals surface area contributed by atoms with Gasteiger partial charge >= 0.3 is 0 Å². The van der Waals surface area contributed by atoms with Crippen LogP contribution in [0.4, 0.5) is 0 Å². The zero-order valence-corrected chi connectivity index (χ0v) is 13.9. The SMILES string of the molecule is CC(C)CCC(C)NC1c2ccccc2CCC1(C)C. The molecule has 1 aromatic rings. The smallest absolute Gasteiger partial charge is 0.0376 e. The summed E-state index contributed by atoms with van der Waals surface area (Å²) >= 11 is 0. The quantitative estimate of drug-likeness (QED) is 0.785. The second-order valence-electron chi connectivity index (χ2n) is 7.66. The van der Waals surface area contributed by atoms with Gasteiger partial charge in [-0.05, 0) is 55.1 Å². The molecule has 0 aromatic heterocycles. The summed E-state index contributed by atoms with van der Waals surface area (Å²) in [7, 11) is 0. The Morgan fingerprint density at radius 3 is 2.55 bits per heavy atom. The lowest BCUT2D eigenvalue weighted by molar-refractivity contribution is 0.192. The maximum absolute atomic E-state index is 3.92. The predicted octanol–water partition coefficient (Wildman–Crippen LogP) is 5.11. The Kier molecular flexibility index (Phi) is 4.90. The fraction of sp³-hybridized carbons (Fsp3) is 0.684. The van der Waals surface area contributed by atoms with Crippen LogP contribution in [-0.2, 0) is 6.42 Å². The van der Waals surface area contributed by atoms with Gasteiger partial charge < -0.3 is 5.32 Å². The van der Waals surface area contributed by atoms with Crippen molar-refractivity contribution in [3.8, 4) is 0 Å². The van der Waals surface area contributed by atoms with Crippen LogP contribution in [0.1, 0.15) is 71.0 Å². The minimum Gasteiger partial charge on any atom is -0.307 e. The Hall–Kier alpha value is -0.820. The maximum Gasteiger partial charge on any atom is 0.0376 e. The van der Waals surface area contributed by atoms with E-state index in [-0.39, 0.29) is 0 Å². The molecule has 0 radical (unpaired) electrons. The van der Waals surface area contributed by atoms with Crippen LogP contribution >= 0.6 is 0 Å². The van der Waals surface area contributed by atoms with E-state index in [4.69, 9.17) is 0 Å². The van der Waals surface area contributed by atoms with Crippen molar-refractivity contribution in [3.63, 3.8) is 0 Å². The highest BCUT2D eigenvalue weighted by atomic mass is 15.0. The number of hydrogen-bond acceptors (Lipinski definition) is 1. The summed E-state index contributed by atoms with van der Waals surface area (Å²) in [4.78, 5) is 0. The van der Waals surface area contributed by atoms with E-state index >= 15 is 0 Å². The predicted molar refractivity (Wildman–Crippen MR) is 88.0 cm³/mol. The summed E-state index contributed by atoms with van der Waals surface area (Å²) in [5, 5.41) is 3.92. The molecule has 0 amide bonds. The summed E-state index contributed by atoms with van der Waals surface area (Å²) < 4.78 is 0. The molecule has 1 aliphatic rings. The molecule has 0 aliphatic heterocycles. The lowest BCUT2D eigenvalue weighted by atomic mass is 9.70. The van der Waals surface area contributed by atoms with Crippen LogP contribution in [0.25, 0.3) is 0 Å². The van der Waals surface area contributed by atoms with Gasteiger partial charge in [0.15, 0.2) is 0 Å². The van der Waals surface area contributed by atoms with E-state index in [0.717, 1.165) is 5.92 Å². The Balaban J connectivity index is 2.11. The number of fused-ring (bicyclic) bond motifs is 1. The standard InChI is InChI=1S/C19H31N/c1-14(2)10-11-15(3)20-18-17-9-7-6-8-16(17)12-13-19(18,4)5/h6-9,14-15,18,20H,10-13H2,1-5H3. The fourth-order valence-electron chi connectivity index (χ4n) is 3.33. The Morgan fingerprint density at radius 1 is 1.15 bits per heavy atom. The van der Waals surface area contributed by atoms with E-state index in [9.17, 15) is 0 Å². The Labute approximate surface area is 125 Å². The molecular weight excluding hydrogens is 242 g/mol. The molecule has 0 saturated heterocycles. The van der Waals surface area contributed by atoms with Crippen LogP contribution in [0.5, 0.6) is 0 Å². The topological polar surface area (TPSA) is 12.0 Å². The summed E-state index contributed by atoms with van der Waals surface area (Å²) in [6.45, 7) is 11.8. The molecule has 2 atom stereocenters. The van der Waals surface area contributed by atoms with Gasteiger partial charge in [-0.3, -0.25) is 0 Å². The van der Waals surface area contributed by atoms with Gasteiger partial charge in [-0.25, -0.2) is 0 Å². The van der Waals surface area contributed by atoms with Crippen molar-refractivity contribution in [1.82, 2.24) is 5.32 Å². The van der Waals surface area contributed by atoms with Gasteiger partial charge in [-0.1, -0.05) is 52.0 Å². The molecule has 0 fully saturated rings. The minimum atomic E-state index is 0.348. The summed E-state index contributed by atoms with van der Waals surface area (Å²) in [5.74, 6) is 0.797. The van der Waals surface area contributed by atoms with Crippen molar-refractivity contribution in [1.29, 1.82) is 0 Å².